The largest absolute Gasteiger partial charge is 0.496 e. The van der Waals surface area contributed by atoms with Gasteiger partial charge in [0.15, 0.2) is 0 Å². The third kappa shape index (κ3) is 4.41. The first-order chi connectivity index (χ1) is 10.1. The normalized spacial score (nSPS) is 22.0. The van der Waals surface area contributed by atoms with Crippen molar-refractivity contribution in [1.29, 1.82) is 0 Å². The Morgan fingerprint density at radius 3 is 2.57 bits per heavy atom. The Morgan fingerprint density at radius 2 is 2.00 bits per heavy atom. The van der Waals surface area contributed by atoms with Gasteiger partial charge >= 0.3 is 0 Å². The molecule has 0 saturated heterocycles. The minimum absolute atomic E-state index is 0.0341. The van der Waals surface area contributed by atoms with E-state index >= 15 is 0 Å². The molecule has 0 heterocycles. The summed E-state index contributed by atoms with van der Waals surface area (Å²) in [7, 11) is 3.49. The van der Waals surface area contributed by atoms with Crippen molar-refractivity contribution in [2.24, 2.45) is 0 Å². The number of nitrogens with zero attached hydrogens (tertiary/aromatic N) is 1. The number of rotatable bonds is 6. The predicted octanol–water partition coefficient (Wildman–Crippen LogP) is 2.65. The van der Waals surface area contributed by atoms with Crippen molar-refractivity contribution in [3.63, 3.8) is 0 Å². The monoisotopic (exact) mass is 294 g/mol. The number of hydrogen-bond donors (Lipinski definition) is 1. The van der Waals surface area contributed by atoms with Gasteiger partial charge in [-0.25, -0.2) is 0 Å². The molecule has 1 aliphatic carbocycles. The Kier molecular flexibility index (Phi) is 5.52. The minimum atomic E-state index is -0.413. The number of nitrogens with one attached hydrogen (secondary N) is 1. The molecule has 6 nitrogen and oxygen atoms in total. The van der Waals surface area contributed by atoms with Crippen LogP contribution in [0, 0.1) is 10.1 Å². The van der Waals surface area contributed by atoms with Crippen molar-refractivity contribution in [3.8, 4) is 5.75 Å². The van der Waals surface area contributed by atoms with E-state index in [1.807, 2.05) is 7.05 Å². The summed E-state index contributed by atoms with van der Waals surface area (Å²) in [6.07, 6.45) is 4.51. The van der Waals surface area contributed by atoms with Gasteiger partial charge in [0.2, 0.25) is 0 Å². The second kappa shape index (κ2) is 7.38. The van der Waals surface area contributed by atoms with Crippen molar-refractivity contribution >= 4 is 5.69 Å². The third-order valence-corrected chi connectivity index (χ3v) is 3.97. The predicted molar refractivity (Wildman–Crippen MR) is 79.5 cm³/mol. The summed E-state index contributed by atoms with van der Waals surface area (Å²) < 4.78 is 11.0. The molecule has 1 aromatic carbocycles. The molecule has 1 aliphatic rings. The Bertz CT molecular complexity index is 485. The van der Waals surface area contributed by atoms with E-state index in [1.165, 1.54) is 13.2 Å². The van der Waals surface area contributed by atoms with Gasteiger partial charge in [0.05, 0.1) is 30.8 Å². The van der Waals surface area contributed by atoms with Crippen LogP contribution in [0.2, 0.25) is 0 Å². The lowest BCUT2D eigenvalue weighted by Gasteiger charge is -2.28. The molecular formula is C15H22N2O4. The maximum absolute atomic E-state index is 10.9. The van der Waals surface area contributed by atoms with Crippen LogP contribution in [0.5, 0.6) is 5.75 Å². The molecular weight excluding hydrogens is 272 g/mol. The van der Waals surface area contributed by atoms with E-state index in [4.69, 9.17) is 9.47 Å². The number of ether oxygens (including phenoxy) is 2. The molecule has 21 heavy (non-hydrogen) atoms. The summed E-state index contributed by atoms with van der Waals surface area (Å²) >= 11 is 0. The van der Waals surface area contributed by atoms with Gasteiger partial charge in [0.1, 0.15) is 5.75 Å². The smallest absolute Gasteiger partial charge is 0.273 e. The standard InChI is InChI=1S/C15H22N2O4/c1-16-12-3-5-14(6-4-12)21-10-11-7-13(17(18)19)9-15(8-11)20-2/h7-9,12,14,16H,3-6,10H2,1-2H3. The highest BCUT2D eigenvalue weighted by Gasteiger charge is 2.20. The fourth-order valence-electron chi connectivity index (χ4n) is 2.68. The fourth-order valence-corrected chi connectivity index (χ4v) is 2.68. The molecule has 0 bridgehead atoms. The van der Waals surface area contributed by atoms with Crippen molar-refractivity contribution < 1.29 is 14.4 Å². The van der Waals surface area contributed by atoms with Crippen LogP contribution in [0.15, 0.2) is 18.2 Å². The molecule has 116 valence electrons. The Morgan fingerprint density at radius 1 is 1.29 bits per heavy atom. The van der Waals surface area contributed by atoms with Crippen LogP contribution in [0.1, 0.15) is 31.2 Å². The molecule has 0 unspecified atom stereocenters. The van der Waals surface area contributed by atoms with Crippen LogP contribution in [0.4, 0.5) is 5.69 Å². The zero-order valence-electron chi connectivity index (χ0n) is 12.5. The Hall–Kier alpha value is -1.66. The number of benzene rings is 1. The zero-order chi connectivity index (χ0) is 15.2. The quantitative estimate of drug-likeness (QED) is 0.645. The van der Waals surface area contributed by atoms with Gasteiger partial charge in [0, 0.05) is 12.1 Å². The molecule has 0 aromatic heterocycles. The van der Waals surface area contributed by atoms with Gasteiger partial charge in [0.25, 0.3) is 5.69 Å². The first kappa shape index (κ1) is 15.7. The molecule has 0 spiro atoms. The summed E-state index contributed by atoms with van der Waals surface area (Å²) in [6.45, 7) is 0.382. The van der Waals surface area contributed by atoms with E-state index in [-0.39, 0.29) is 11.8 Å². The van der Waals surface area contributed by atoms with Crippen LogP contribution in [-0.2, 0) is 11.3 Å². The SMILES string of the molecule is CNC1CCC(OCc2cc(OC)cc([N+](=O)[O-])c2)CC1. The number of methoxy groups -OCH3 is 1. The molecule has 6 heteroatoms. The van der Waals surface area contributed by atoms with Gasteiger partial charge < -0.3 is 14.8 Å². The van der Waals surface area contributed by atoms with Crippen molar-refractivity contribution in [1.82, 2.24) is 5.32 Å². The third-order valence-electron chi connectivity index (χ3n) is 3.97. The summed E-state index contributed by atoms with van der Waals surface area (Å²) in [5.41, 5.74) is 0.809. The molecule has 1 aromatic rings. The average molecular weight is 294 g/mol. The van der Waals surface area contributed by atoms with Crippen LogP contribution in [0.3, 0.4) is 0 Å². The lowest BCUT2D eigenvalue weighted by atomic mass is 9.93. The van der Waals surface area contributed by atoms with E-state index in [1.54, 1.807) is 12.1 Å². The highest BCUT2D eigenvalue weighted by atomic mass is 16.6. The molecule has 2 rings (SSSR count). The topological polar surface area (TPSA) is 73.6 Å². The van der Waals surface area contributed by atoms with Gasteiger partial charge in [-0.2, -0.15) is 0 Å². The number of hydrogen-bond acceptors (Lipinski definition) is 5. The van der Waals surface area contributed by atoms with Gasteiger partial charge in [-0.3, -0.25) is 10.1 Å². The first-order valence-electron chi connectivity index (χ1n) is 7.23. The highest BCUT2D eigenvalue weighted by Crippen LogP contribution is 2.25. The lowest BCUT2D eigenvalue weighted by molar-refractivity contribution is -0.385. The Labute approximate surface area is 124 Å². The molecule has 0 amide bonds. The summed E-state index contributed by atoms with van der Waals surface area (Å²) in [5.74, 6) is 0.488. The van der Waals surface area contributed by atoms with E-state index in [2.05, 4.69) is 5.32 Å². The fraction of sp³-hybridized carbons (Fsp3) is 0.600. The van der Waals surface area contributed by atoms with Crippen LogP contribution in [-0.4, -0.2) is 31.2 Å². The molecule has 0 aliphatic heterocycles. The number of nitro benzene ring substituents is 1. The van der Waals surface area contributed by atoms with Crippen molar-refractivity contribution in [3.05, 3.63) is 33.9 Å². The van der Waals surface area contributed by atoms with Crippen LogP contribution in [0.25, 0.3) is 0 Å². The molecule has 1 fully saturated rings. The van der Waals surface area contributed by atoms with Crippen molar-refractivity contribution in [2.45, 2.75) is 44.4 Å². The molecule has 1 saturated carbocycles. The van der Waals surface area contributed by atoms with E-state index < -0.39 is 4.92 Å². The molecule has 0 radical (unpaired) electrons. The summed E-state index contributed by atoms with van der Waals surface area (Å²) in [6, 6.07) is 5.33. The van der Waals surface area contributed by atoms with E-state index in [9.17, 15) is 10.1 Å². The zero-order valence-corrected chi connectivity index (χ0v) is 12.5. The van der Waals surface area contributed by atoms with Crippen LogP contribution >= 0.6 is 0 Å². The van der Waals surface area contributed by atoms with Crippen molar-refractivity contribution in [2.75, 3.05) is 14.2 Å². The van der Waals surface area contributed by atoms with E-state index in [0.717, 1.165) is 31.2 Å². The first-order valence-corrected chi connectivity index (χ1v) is 7.23. The second-order valence-corrected chi connectivity index (χ2v) is 5.37. The maximum atomic E-state index is 10.9. The number of nitro groups is 1. The highest BCUT2D eigenvalue weighted by molar-refractivity contribution is 5.42. The van der Waals surface area contributed by atoms with Gasteiger partial charge in [-0.05, 0) is 44.4 Å². The number of non-ortho nitro benzene ring substituents is 1. The minimum Gasteiger partial charge on any atom is -0.496 e. The van der Waals surface area contributed by atoms with Gasteiger partial charge in [-0.1, -0.05) is 0 Å². The lowest BCUT2D eigenvalue weighted by Crippen LogP contribution is -2.32. The maximum Gasteiger partial charge on any atom is 0.273 e. The molecule has 1 N–H and O–H groups in total. The summed E-state index contributed by atoms with van der Waals surface area (Å²) in [5, 5.41) is 14.2. The summed E-state index contributed by atoms with van der Waals surface area (Å²) in [4.78, 5) is 10.5. The Balaban J connectivity index is 1.93. The molecule has 0 atom stereocenters. The van der Waals surface area contributed by atoms with Crippen LogP contribution < -0.4 is 10.1 Å². The van der Waals surface area contributed by atoms with Gasteiger partial charge in [-0.15, -0.1) is 0 Å². The van der Waals surface area contributed by atoms with E-state index in [0.29, 0.717) is 18.4 Å². The second-order valence-electron chi connectivity index (χ2n) is 5.37. The average Bonchev–Trinajstić information content (AvgIpc) is 2.53.